The van der Waals surface area contributed by atoms with Crippen molar-refractivity contribution in [3.8, 4) is 0 Å². The van der Waals surface area contributed by atoms with Crippen LogP contribution in [0.4, 0.5) is 0 Å². The maximum absolute atomic E-state index is 12.1. The maximum Gasteiger partial charge on any atom is 0.312 e. The van der Waals surface area contributed by atoms with Crippen LogP contribution in [0.15, 0.2) is 42.0 Å². The molecule has 2 atom stereocenters. The number of methoxy groups -OCH3 is 1. The zero-order chi connectivity index (χ0) is 14.8. The minimum atomic E-state index is -1.81. The van der Waals surface area contributed by atoms with Gasteiger partial charge in [0.25, 0.3) is 0 Å². The fourth-order valence-corrected chi connectivity index (χ4v) is 6.57. The highest BCUT2D eigenvalue weighted by Crippen LogP contribution is 2.43. The molecule has 1 aliphatic carbocycles. The summed E-state index contributed by atoms with van der Waals surface area (Å²) in [6.45, 7) is 4.52. The van der Waals surface area contributed by atoms with Gasteiger partial charge in [0.05, 0.1) is 27.7 Å². The van der Waals surface area contributed by atoms with Gasteiger partial charge in [0, 0.05) is 0 Å². The Hall–Kier alpha value is -1.39. The predicted molar refractivity (Wildman–Crippen MR) is 82.6 cm³/mol. The first kappa shape index (κ1) is 15.0. The molecule has 2 unspecified atom stereocenters. The molecule has 0 radical (unpaired) electrons. The van der Waals surface area contributed by atoms with Gasteiger partial charge in [0.15, 0.2) is 0 Å². The highest BCUT2D eigenvalue weighted by molar-refractivity contribution is 6.91. The molecule has 0 spiro atoms. The predicted octanol–water partition coefficient (Wildman–Crippen LogP) is 2.08. The summed E-state index contributed by atoms with van der Waals surface area (Å²) in [7, 11) is -0.390. The zero-order valence-electron chi connectivity index (χ0n) is 12.3. The lowest BCUT2D eigenvalue weighted by Gasteiger charge is -2.34. The van der Waals surface area contributed by atoms with E-state index in [9.17, 15) is 9.90 Å². The molecule has 20 heavy (non-hydrogen) atoms. The summed E-state index contributed by atoms with van der Waals surface area (Å²) in [4.78, 5) is 12.1. The smallest absolute Gasteiger partial charge is 0.312 e. The first-order chi connectivity index (χ1) is 9.52. The van der Waals surface area contributed by atoms with Gasteiger partial charge < -0.3 is 9.84 Å². The number of allylic oxidation sites excluding steroid dienone is 1. The van der Waals surface area contributed by atoms with E-state index in [1.807, 2.05) is 24.3 Å². The van der Waals surface area contributed by atoms with Gasteiger partial charge in [0.2, 0.25) is 0 Å². The van der Waals surface area contributed by atoms with Crippen LogP contribution in [0.1, 0.15) is 6.42 Å². The quantitative estimate of drug-likeness (QED) is 0.525. The topological polar surface area (TPSA) is 46.5 Å². The second kappa shape index (κ2) is 5.93. The van der Waals surface area contributed by atoms with Crippen LogP contribution in [0.2, 0.25) is 18.6 Å². The second-order valence-electron chi connectivity index (χ2n) is 5.87. The van der Waals surface area contributed by atoms with E-state index in [1.165, 1.54) is 12.3 Å². The summed E-state index contributed by atoms with van der Waals surface area (Å²) < 4.78 is 4.96. The van der Waals surface area contributed by atoms with Gasteiger partial charge >= 0.3 is 5.97 Å². The zero-order valence-corrected chi connectivity index (χ0v) is 13.3. The van der Waals surface area contributed by atoms with Crippen LogP contribution in [0.5, 0.6) is 0 Å². The monoisotopic (exact) mass is 290 g/mol. The molecule has 0 saturated carbocycles. The molecule has 0 fully saturated rings. The van der Waals surface area contributed by atoms with Crippen LogP contribution < -0.4 is 5.19 Å². The Morgan fingerprint density at radius 2 is 2.00 bits per heavy atom. The number of hydrogen-bond acceptors (Lipinski definition) is 3. The molecule has 0 bridgehead atoms. The van der Waals surface area contributed by atoms with Crippen LogP contribution in [0.25, 0.3) is 0 Å². The van der Waals surface area contributed by atoms with Crippen LogP contribution in [0, 0.1) is 5.92 Å². The van der Waals surface area contributed by atoms with E-state index in [2.05, 4.69) is 25.2 Å². The highest BCUT2D eigenvalue weighted by atomic mass is 28.3. The van der Waals surface area contributed by atoms with Crippen molar-refractivity contribution in [2.24, 2.45) is 5.92 Å². The number of ether oxygens (including phenoxy) is 1. The molecule has 1 N–H and O–H groups in total. The summed E-state index contributed by atoms with van der Waals surface area (Å²) in [5, 5.41) is 10.8. The Labute approximate surface area is 121 Å². The lowest BCUT2D eigenvalue weighted by atomic mass is 10.0. The van der Waals surface area contributed by atoms with E-state index >= 15 is 0 Å². The molecule has 4 heteroatoms. The molecule has 1 aliphatic rings. The number of aliphatic hydroxyl groups excluding tert-OH is 1. The van der Waals surface area contributed by atoms with Crippen LogP contribution >= 0.6 is 0 Å². The molecule has 0 aliphatic heterocycles. The third-order valence-corrected chi connectivity index (χ3v) is 8.76. The van der Waals surface area contributed by atoms with Crippen molar-refractivity contribution < 1.29 is 14.6 Å². The van der Waals surface area contributed by atoms with Crippen molar-refractivity contribution >= 4 is 19.2 Å². The Kier molecular flexibility index (Phi) is 4.45. The minimum Gasteiger partial charge on any atom is -0.469 e. The fraction of sp³-hybridized carbons (Fsp3) is 0.438. The molecule has 1 aromatic carbocycles. The van der Waals surface area contributed by atoms with Gasteiger partial charge in [-0.25, -0.2) is 0 Å². The Morgan fingerprint density at radius 3 is 2.55 bits per heavy atom. The fourth-order valence-electron chi connectivity index (χ4n) is 3.20. The number of rotatable bonds is 4. The van der Waals surface area contributed by atoms with Gasteiger partial charge in [0.1, 0.15) is 0 Å². The number of carbonyl (C=O) groups is 1. The number of aliphatic hydroxyl groups is 1. The number of benzene rings is 1. The minimum absolute atomic E-state index is 0.0600. The molecule has 0 saturated heterocycles. The summed E-state index contributed by atoms with van der Waals surface area (Å²) in [6.07, 6.45) is 2.87. The van der Waals surface area contributed by atoms with Gasteiger partial charge in [-0.05, 0) is 17.5 Å². The number of hydrogen-bond donors (Lipinski definition) is 1. The van der Waals surface area contributed by atoms with Crippen molar-refractivity contribution in [3.05, 3.63) is 42.0 Å². The molecular weight excluding hydrogens is 268 g/mol. The average molecular weight is 290 g/mol. The Bertz CT molecular complexity index is 508. The van der Waals surface area contributed by atoms with E-state index in [1.54, 1.807) is 0 Å². The third kappa shape index (κ3) is 2.58. The van der Waals surface area contributed by atoms with E-state index < -0.39 is 8.07 Å². The largest absolute Gasteiger partial charge is 0.469 e. The lowest BCUT2D eigenvalue weighted by Crippen LogP contribution is -2.49. The van der Waals surface area contributed by atoms with Crippen molar-refractivity contribution in [1.29, 1.82) is 0 Å². The number of esters is 1. The van der Waals surface area contributed by atoms with E-state index in [-0.39, 0.29) is 24.0 Å². The first-order valence-electron chi connectivity index (χ1n) is 6.95. The standard InChI is InChI=1S/C16H22O3Si/c1-19-16(18)15-12(11-17)9-10-14(15)20(2,3)13-7-5-4-6-8-13/h4-9,14-15,17H,10-11H2,1-3H3. The van der Waals surface area contributed by atoms with E-state index in [0.29, 0.717) is 0 Å². The lowest BCUT2D eigenvalue weighted by molar-refractivity contribution is -0.144. The normalized spacial score (nSPS) is 22.5. The van der Waals surface area contributed by atoms with Gasteiger partial charge in [-0.2, -0.15) is 0 Å². The Balaban J connectivity index is 2.34. The van der Waals surface area contributed by atoms with E-state index in [4.69, 9.17) is 4.74 Å². The van der Waals surface area contributed by atoms with Crippen molar-refractivity contribution in [2.45, 2.75) is 25.1 Å². The van der Waals surface area contributed by atoms with Crippen LogP contribution in [-0.2, 0) is 9.53 Å². The van der Waals surface area contributed by atoms with Crippen molar-refractivity contribution in [1.82, 2.24) is 0 Å². The molecule has 108 valence electrons. The maximum atomic E-state index is 12.1. The van der Waals surface area contributed by atoms with Gasteiger partial charge in [-0.1, -0.05) is 54.7 Å². The molecule has 0 heterocycles. The summed E-state index contributed by atoms with van der Waals surface area (Å²) >= 11 is 0. The molecule has 3 nitrogen and oxygen atoms in total. The molecular formula is C16H22O3Si. The first-order valence-corrected chi connectivity index (χ1v) is 10.0. The summed E-state index contributed by atoms with van der Waals surface area (Å²) in [5.74, 6) is -0.504. The molecule has 2 rings (SSSR count). The summed E-state index contributed by atoms with van der Waals surface area (Å²) in [6, 6.07) is 10.4. The number of carbonyl (C=O) groups excluding carboxylic acids is 1. The Morgan fingerprint density at radius 1 is 1.35 bits per heavy atom. The highest BCUT2D eigenvalue weighted by Gasteiger charge is 2.46. The second-order valence-corrected chi connectivity index (χ2v) is 10.6. The SMILES string of the molecule is COC(=O)C1C(CO)=CCC1[Si](C)(C)c1ccccc1. The van der Waals surface area contributed by atoms with Crippen molar-refractivity contribution in [3.63, 3.8) is 0 Å². The average Bonchev–Trinajstić information content (AvgIpc) is 2.92. The molecule has 0 aromatic heterocycles. The van der Waals surface area contributed by atoms with Gasteiger partial charge in [-0.3, -0.25) is 4.79 Å². The van der Waals surface area contributed by atoms with Gasteiger partial charge in [-0.15, -0.1) is 0 Å². The van der Waals surface area contributed by atoms with Crippen LogP contribution in [-0.4, -0.2) is 32.9 Å². The van der Waals surface area contributed by atoms with Crippen LogP contribution in [0.3, 0.4) is 0 Å². The molecule has 0 amide bonds. The molecule has 1 aromatic rings. The van der Waals surface area contributed by atoms with Crippen molar-refractivity contribution in [2.75, 3.05) is 13.7 Å². The summed E-state index contributed by atoms with van der Waals surface area (Å²) in [5.41, 5.74) is 1.07. The third-order valence-electron chi connectivity index (χ3n) is 4.52. The van der Waals surface area contributed by atoms with E-state index in [0.717, 1.165) is 12.0 Å².